The van der Waals surface area contributed by atoms with E-state index in [0.29, 0.717) is 0 Å². The molecule has 6 heteroatoms. The summed E-state index contributed by atoms with van der Waals surface area (Å²) in [5.74, 6) is -2.47. The first-order valence-electron chi connectivity index (χ1n) is 4.23. The van der Waals surface area contributed by atoms with E-state index in [9.17, 15) is 18.9 Å². The normalized spacial score (nSPS) is 10.3. The molecule has 0 aromatic heterocycles. The lowest BCUT2D eigenvalue weighted by molar-refractivity contribution is -0.390. The molecule has 0 aliphatic carbocycles. The number of nitriles is 1. The van der Waals surface area contributed by atoms with Gasteiger partial charge in [-0.05, 0) is 17.7 Å². The van der Waals surface area contributed by atoms with Gasteiger partial charge in [0, 0.05) is 0 Å². The molecule has 0 aliphatic heterocycles. The number of hydrogen-bond donors (Lipinski definition) is 0. The number of nitro groups is 1. The molecule has 0 aliphatic rings. The molecule has 0 bridgehead atoms. The van der Waals surface area contributed by atoms with E-state index in [4.69, 9.17) is 5.26 Å². The fourth-order valence-corrected chi connectivity index (χ4v) is 1.10. The highest BCUT2D eigenvalue weighted by molar-refractivity contribution is 5.53. The van der Waals surface area contributed by atoms with Crippen molar-refractivity contribution in [2.75, 3.05) is 0 Å². The molecule has 0 N–H and O–H groups in total. The van der Waals surface area contributed by atoms with Gasteiger partial charge in [-0.25, -0.2) is 0 Å². The lowest BCUT2D eigenvalue weighted by atomic mass is 10.1. The van der Waals surface area contributed by atoms with Crippen LogP contribution in [0.25, 0.3) is 6.08 Å². The van der Waals surface area contributed by atoms with Crippen LogP contribution in [0, 0.1) is 33.1 Å². The molecule has 82 valence electrons. The van der Waals surface area contributed by atoms with E-state index in [1.807, 2.05) is 6.07 Å². The molecule has 0 radical (unpaired) electrons. The van der Waals surface area contributed by atoms with Crippen LogP contribution >= 0.6 is 0 Å². The van der Waals surface area contributed by atoms with Crippen molar-refractivity contribution in [3.63, 3.8) is 0 Å². The van der Waals surface area contributed by atoms with E-state index >= 15 is 0 Å². The summed E-state index contributed by atoms with van der Waals surface area (Å²) in [6.07, 6.45) is 2.82. The standard InChI is InChI=1S/C10H6F2N2O2/c11-8-5-7(3-1-2-4-13)6-9(12)10(8)14(15)16/h1,3,5-6H,2H2. The smallest absolute Gasteiger partial charge is 0.258 e. The summed E-state index contributed by atoms with van der Waals surface area (Å²) in [4.78, 5) is 9.16. The Morgan fingerprint density at radius 2 is 2.00 bits per heavy atom. The molecule has 16 heavy (non-hydrogen) atoms. The summed E-state index contributed by atoms with van der Waals surface area (Å²) in [5, 5.41) is 18.5. The summed E-state index contributed by atoms with van der Waals surface area (Å²) in [6, 6.07) is 3.50. The van der Waals surface area contributed by atoms with Crippen LogP contribution in [0.2, 0.25) is 0 Å². The van der Waals surface area contributed by atoms with E-state index < -0.39 is 22.2 Å². The Morgan fingerprint density at radius 1 is 1.44 bits per heavy atom. The van der Waals surface area contributed by atoms with E-state index in [0.717, 1.165) is 12.1 Å². The lowest BCUT2D eigenvalue weighted by Crippen LogP contribution is -1.97. The van der Waals surface area contributed by atoms with Gasteiger partial charge in [0.1, 0.15) is 0 Å². The van der Waals surface area contributed by atoms with Crippen LogP contribution in [-0.4, -0.2) is 4.92 Å². The monoisotopic (exact) mass is 224 g/mol. The molecule has 0 spiro atoms. The predicted molar refractivity (Wildman–Crippen MR) is 52.3 cm³/mol. The molecular formula is C10H6F2N2O2. The Kier molecular flexibility index (Phi) is 3.67. The number of allylic oxidation sites excluding steroid dienone is 1. The first kappa shape index (κ1) is 11.8. The van der Waals surface area contributed by atoms with Crippen LogP contribution < -0.4 is 0 Å². The molecule has 0 amide bonds. The van der Waals surface area contributed by atoms with Crippen molar-refractivity contribution in [3.05, 3.63) is 45.5 Å². The Labute approximate surface area is 89.6 Å². The van der Waals surface area contributed by atoms with Gasteiger partial charge in [-0.2, -0.15) is 14.0 Å². The molecule has 1 aromatic rings. The average Bonchev–Trinajstić information content (AvgIpc) is 2.16. The molecule has 1 aromatic carbocycles. The van der Waals surface area contributed by atoms with Gasteiger partial charge >= 0.3 is 5.69 Å². The second kappa shape index (κ2) is 4.98. The van der Waals surface area contributed by atoms with Crippen molar-refractivity contribution in [1.29, 1.82) is 5.26 Å². The highest BCUT2D eigenvalue weighted by atomic mass is 19.1. The van der Waals surface area contributed by atoms with Crippen LogP contribution in [0.3, 0.4) is 0 Å². The van der Waals surface area contributed by atoms with Crippen molar-refractivity contribution in [2.24, 2.45) is 0 Å². The fraction of sp³-hybridized carbons (Fsp3) is 0.100. The Morgan fingerprint density at radius 3 is 2.44 bits per heavy atom. The van der Waals surface area contributed by atoms with Crippen LogP contribution in [-0.2, 0) is 0 Å². The summed E-state index contributed by atoms with van der Waals surface area (Å²) < 4.78 is 26.2. The van der Waals surface area contributed by atoms with Gasteiger partial charge in [0.2, 0.25) is 11.6 Å². The maximum atomic E-state index is 13.1. The number of nitro benzene ring substituents is 1. The van der Waals surface area contributed by atoms with Crippen molar-refractivity contribution < 1.29 is 13.7 Å². The maximum absolute atomic E-state index is 13.1. The van der Waals surface area contributed by atoms with Gasteiger partial charge in [0.05, 0.1) is 17.4 Å². The zero-order chi connectivity index (χ0) is 12.1. The number of hydrogen-bond acceptors (Lipinski definition) is 3. The van der Waals surface area contributed by atoms with Gasteiger partial charge in [0.25, 0.3) is 0 Å². The van der Waals surface area contributed by atoms with Crippen LogP contribution in [0.1, 0.15) is 12.0 Å². The number of nitrogens with zero attached hydrogens (tertiary/aromatic N) is 2. The van der Waals surface area contributed by atoms with Gasteiger partial charge in [-0.1, -0.05) is 12.2 Å². The van der Waals surface area contributed by atoms with Gasteiger partial charge in [-0.15, -0.1) is 0 Å². The number of rotatable bonds is 3. The molecule has 0 fully saturated rings. The van der Waals surface area contributed by atoms with E-state index in [1.165, 1.54) is 12.2 Å². The quantitative estimate of drug-likeness (QED) is 0.585. The summed E-state index contributed by atoms with van der Waals surface area (Å²) in [6.45, 7) is 0. The summed E-state index contributed by atoms with van der Waals surface area (Å²) in [5.41, 5.74) is -1.03. The molecule has 1 rings (SSSR count). The summed E-state index contributed by atoms with van der Waals surface area (Å²) >= 11 is 0. The molecule has 4 nitrogen and oxygen atoms in total. The van der Waals surface area contributed by atoms with Gasteiger partial charge in [-0.3, -0.25) is 10.1 Å². The molecule has 0 saturated heterocycles. The zero-order valence-electron chi connectivity index (χ0n) is 7.98. The lowest BCUT2D eigenvalue weighted by Gasteiger charge is -1.98. The van der Waals surface area contributed by atoms with Crippen molar-refractivity contribution in [1.82, 2.24) is 0 Å². The van der Waals surface area contributed by atoms with E-state index in [2.05, 4.69) is 0 Å². The molecule has 0 unspecified atom stereocenters. The van der Waals surface area contributed by atoms with Crippen molar-refractivity contribution >= 4 is 11.8 Å². The SMILES string of the molecule is N#CCC=Cc1cc(F)c([N+](=O)[O-])c(F)c1. The van der Waals surface area contributed by atoms with Crippen molar-refractivity contribution in [3.8, 4) is 6.07 Å². The molecule has 0 saturated carbocycles. The second-order valence-electron chi connectivity index (χ2n) is 2.85. The topological polar surface area (TPSA) is 66.9 Å². The molecule has 0 heterocycles. The number of benzene rings is 1. The third-order valence-electron chi connectivity index (χ3n) is 1.74. The van der Waals surface area contributed by atoms with Gasteiger partial charge < -0.3 is 0 Å². The minimum atomic E-state index is -1.23. The Balaban J connectivity index is 3.11. The van der Waals surface area contributed by atoms with Crippen LogP contribution in [0.5, 0.6) is 0 Å². The fourth-order valence-electron chi connectivity index (χ4n) is 1.10. The summed E-state index contributed by atoms with van der Waals surface area (Å²) in [7, 11) is 0. The minimum Gasteiger partial charge on any atom is -0.258 e. The minimum absolute atomic E-state index is 0.0974. The largest absolute Gasteiger partial charge is 0.340 e. The zero-order valence-corrected chi connectivity index (χ0v) is 7.98. The predicted octanol–water partition coefficient (Wildman–Crippen LogP) is 2.80. The highest BCUT2D eigenvalue weighted by Crippen LogP contribution is 2.23. The Bertz CT molecular complexity index is 469. The maximum Gasteiger partial charge on any atom is 0.340 e. The van der Waals surface area contributed by atoms with E-state index in [1.54, 1.807) is 0 Å². The molecular weight excluding hydrogens is 218 g/mol. The van der Waals surface area contributed by atoms with Crippen LogP contribution in [0.15, 0.2) is 18.2 Å². The third kappa shape index (κ3) is 2.60. The van der Waals surface area contributed by atoms with Crippen molar-refractivity contribution in [2.45, 2.75) is 6.42 Å². The van der Waals surface area contributed by atoms with Gasteiger partial charge in [0.15, 0.2) is 0 Å². The first-order chi connectivity index (χ1) is 7.56. The second-order valence-corrected chi connectivity index (χ2v) is 2.85. The molecule has 0 atom stereocenters. The highest BCUT2D eigenvalue weighted by Gasteiger charge is 2.21. The average molecular weight is 224 g/mol. The van der Waals surface area contributed by atoms with E-state index in [-0.39, 0.29) is 12.0 Å². The van der Waals surface area contributed by atoms with Crippen LogP contribution in [0.4, 0.5) is 14.5 Å². The first-order valence-corrected chi connectivity index (χ1v) is 4.23. The Hall–Kier alpha value is -2.29. The number of halogens is 2. The third-order valence-corrected chi connectivity index (χ3v) is 1.74.